The maximum Gasteiger partial charge on any atom is 0.279 e. The van der Waals surface area contributed by atoms with Crippen molar-refractivity contribution in [2.45, 2.75) is 0 Å². The first kappa shape index (κ1) is 15.6. The van der Waals surface area contributed by atoms with Gasteiger partial charge in [0.2, 0.25) is 5.89 Å². The predicted octanol–water partition coefficient (Wildman–Crippen LogP) is 4.93. The van der Waals surface area contributed by atoms with Crippen molar-refractivity contribution < 1.29 is 9.21 Å². The van der Waals surface area contributed by atoms with Crippen molar-refractivity contribution >= 4 is 34.8 Å². The van der Waals surface area contributed by atoms with Gasteiger partial charge < -0.3 is 9.32 Å². The zero-order valence-corrected chi connectivity index (χ0v) is 13.7. The topological polar surface area (TPSA) is 46.3 Å². The molecule has 0 radical (unpaired) electrons. The number of carbonyl (C=O) groups is 1. The minimum atomic E-state index is -0.311. The molecule has 2 aromatic carbocycles. The lowest BCUT2D eigenvalue weighted by molar-refractivity contribution is 0.0988. The molecule has 3 aromatic rings. The van der Waals surface area contributed by atoms with Gasteiger partial charge in [0.1, 0.15) is 6.26 Å². The molecule has 0 N–H and O–H groups in total. The maximum absolute atomic E-state index is 12.5. The van der Waals surface area contributed by atoms with Gasteiger partial charge in [0.05, 0.1) is 0 Å². The molecule has 0 saturated heterocycles. The summed E-state index contributed by atoms with van der Waals surface area (Å²) in [4.78, 5) is 18.2. The Kier molecular flexibility index (Phi) is 4.37. The first-order valence-electron chi connectivity index (χ1n) is 6.79. The van der Waals surface area contributed by atoms with Crippen LogP contribution >= 0.6 is 23.2 Å². The van der Waals surface area contributed by atoms with Crippen LogP contribution in [0.2, 0.25) is 10.0 Å². The smallest absolute Gasteiger partial charge is 0.279 e. The molecule has 0 aliphatic carbocycles. The van der Waals surface area contributed by atoms with Crippen LogP contribution in [0, 0.1) is 0 Å². The maximum atomic E-state index is 12.5. The first-order valence-corrected chi connectivity index (χ1v) is 7.55. The molecule has 0 atom stereocenters. The van der Waals surface area contributed by atoms with Gasteiger partial charge in [0.25, 0.3) is 5.91 Å². The molecule has 0 unspecified atom stereocenters. The van der Waals surface area contributed by atoms with Crippen molar-refractivity contribution in [3.05, 3.63) is 70.5 Å². The number of anilines is 1. The van der Waals surface area contributed by atoms with Crippen molar-refractivity contribution in [1.29, 1.82) is 0 Å². The number of oxazole rings is 1. The monoisotopic (exact) mass is 346 g/mol. The Hall–Kier alpha value is -2.30. The van der Waals surface area contributed by atoms with Crippen LogP contribution in [0.4, 0.5) is 5.69 Å². The fraction of sp³-hybridized carbons (Fsp3) is 0.0588. The molecule has 0 bridgehead atoms. The van der Waals surface area contributed by atoms with E-state index in [0.29, 0.717) is 21.6 Å². The van der Waals surface area contributed by atoms with E-state index in [1.165, 1.54) is 11.2 Å². The third-order valence-corrected chi connectivity index (χ3v) is 3.72. The second kappa shape index (κ2) is 6.44. The molecule has 116 valence electrons. The normalized spacial score (nSPS) is 10.6. The molecule has 3 rings (SSSR count). The molecule has 1 aromatic heterocycles. The van der Waals surface area contributed by atoms with Gasteiger partial charge in [-0.25, -0.2) is 4.98 Å². The molecule has 1 amide bonds. The van der Waals surface area contributed by atoms with E-state index in [2.05, 4.69) is 4.98 Å². The zero-order valence-electron chi connectivity index (χ0n) is 12.2. The number of benzene rings is 2. The highest BCUT2D eigenvalue weighted by molar-refractivity contribution is 6.35. The highest BCUT2D eigenvalue weighted by Gasteiger charge is 2.19. The van der Waals surface area contributed by atoms with E-state index in [4.69, 9.17) is 27.6 Å². The van der Waals surface area contributed by atoms with Gasteiger partial charge in [-0.2, -0.15) is 0 Å². The summed E-state index contributed by atoms with van der Waals surface area (Å²) in [7, 11) is 1.63. The van der Waals surface area contributed by atoms with Crippen LogP contribution in [0.1, 0.15) is 10.5 Å². The van der Waals surface area contributed by atoms with Crippen LogP contribution in [-0.2, 0) is 0 Å². The van der Waals surface area contributed by atoms with Crippen molar-refractivity contribution in [3.63, 3.8) is 0 Å². The number of nitrogens with zero attached hydrogens (tertiary/aromatic N) is 2. The van der Waals surface area contributed by atoms with E-state index >= 15 is 0 Å². The standard InChI is InChI=1S/C17H12Cl2N2O2/c1-21(14-8-12(18)7-13(19)9-14)17(22)15-10-23-16(20-15)11-5-3-2-4-6-11/h2-10H,1H3. The van der Waals surface area contributed by atoms with Crippen LogP contribution in [0.3, 0.4) is 0 Å². The molecule has 4 nitrogen and oxygen atoms in total. The average molecular weight is 347 g/mol. The number of hydrogen-bond donors (Lipinski definition) is 0. The summed E-state index contributed by atoms with van der Waals surface area (Å²) in [6.07, 6.45) is 1.34. The summed E-state index contributed by atoms with van der Waals surface area (Å²) >= 11 is 11.9. The Morgan fingerprint density at radius 1 is 1.09 bits per heavy atom. The highest BCUT2D eigenvalue weighted by atomic mass is 35.5. The summed E-state index contributed by atoms with van der Waals surface area (Å²) in [5.41, 5.74) is 1.60. The molecule has 0 saturated carbocycles. The molecule has 23 heavy (non-hydrogen) atoms. The lowest BCUT2D eigenvalue weighted by Crippen LogP contribution is -2.26. The van der Waals surface area contributed by atoms with E-state index in [-0.39, 0.29) is 11.6 Å². The van der Waals surface area contributed by atoms with Gasteiger partial charge in [0, 0.05) is 28.3 Å². The van der Waals surface area contributed by atoms with Crippen molar-refractivity contribution in [2.24, 2.45) is 0 Å². The SMILES string of the molecule is CN(C(=O)c1coc(-c2ccccc2)n1)c1cc(Cl)cc(Cl)c1. The highest BCUT2D eigenvalue weighted by Crippen LogP contribution is 2.26. The minimum absolute atomic E-state index is 0.211. The Bertz CT molecular complexity index is 827. The Morgan fingerprint density at radius 3 is 2.39 bits per heavy atom. The summed E-state index contributed by atoms with van der Waals surface area (Å²) < 4.78 is 5.39. The van der Waals surface area contributed by atoms with Gasteiger partial charge >= 0.3 is 0 Å². The molecule has 0 spiro atoms. The van der Waals surface area contributed by atoms with Gasteiger partial charge in [-0.15, -0.1) is 0 Å². The van der Waals surface area contributed by atoms with Crippen molar-refractivity contribution in [3.8, 4) is 11.5 Å². The predicted molar refractivity (Wildman–Crippen MR) is 91.1 cm³/mol. The van der Waals surface area contributed by atoms with Crippen LogP contribution in [0.25, 0.3) is 11.5 Å². The molecule has 0 aliphatic rings. The van der Waals surface area contributed by atoms with Gasteiger partial charge in [-0.05, 0) is 30.3 Å². The third kappa shape index (κ3) is 3.38. The van der Waals surface area contributed by atoms with E-state index in [9.17, 15) is 4.79 Å². The molecule has 6 heteroatoms. The number of carbonyl (C=O) groups excluding carboxylic acids is 1. The Balaban J connectivity index is 1.87. The average Bonchev–Trinajstić information content (AvgIpc) is 3.03. The largest absolute Gasteiger partial charge is 0.444 e. The van der Waals surface area contributed by atoms with E-state index in [1.54, 1.807) is 25.2 Å². The fourth-order valence-corrected chi connectivity index (χ4v) is 2.62. The lowest BCUT2D eigenvalue weighted by atomic mass is 10.2. The first-order chi connectivity index (χ1) is 11.0. The van der Waals surface area contributed by atoms with E-state index < -0.39 is 0 Å². The van der Waals surface area contributed by atoms with Crippen LogP contribution < -0.4 is 4.90 Å². The van der Waals surface area contributed by atoms with Gasteiger partial charge in [0.15, 0.2) is 5.69 Å². The molecule has 0 aliphatic heterocycles. The van der Waals surface area contributed by atoms with Crippen molar-refractivity contribution in [2.75, 3.05) is 11.9 Å². The minimum Gasteiger partial charge on any atom is -0.444 e. The number of halogens is 2. The van der Waals surface area contributed by atoms with Gasteiger partial charge in [-0.3, -0.25) is 4.79 Å². The quantitative estimate of drug-likeness (QED) is 0.675. The third-order valence-electron chi connectivity index (χ3n) is 3.28. The Labute approximate surface area is 143 Å². The van der Waals surface area contributed by atoms with Crippen LogP contribution in [0.5, 0.6) is 0 Å². The second-order valence-electron chi connectivity index (χ2n) is 4.90. The number of aromatic nitrogens is 1. The summed E-state index contributed by atoms with van der Waals surface area (Å²) in [5, 5.41) is 0.912. The van der Waals surface area contributed by atoms with Crippen LogP contribution in [0.15, 0.2) is 59.2 Å². The summed E-state index contributed by atoms with van der Waals surface area (Å²) in [6, 6.07) is 14.3. The number of amides is 1. The van der Waals surface area contributed by atoms with Crippen LogP contribution in [-0.4, -0.2) is 17.9 Å². The van der Waals surface area contributed by atoms with E-state index in [1.807, 2.05) is 30.3 Å². The number of rotatable bonds is 3. The molecular formula is C17H12Cl2N2O2. The fourth-order valence-electron chi connectivity index (χ4n) is 2.11. The molecule has 0 fully saturated rings. The summed E-state index contributed by atoms with van der Waals surface area (Å²) in [6.45, 7) is 0. The van der Waals surface area contributed by atoms with Crippen molar-refractivity contribution in [1.82, 2.24) is 4.98 Å². The molecule has 1 heterocycles. The molecular weight excluding hydrogens is 335 g/mol. The summed E-state index contributed by atoms with van der Waals surface area (Å²) in [5.74, 6) is 0.0840. The second-order valence-corrected chi connectivity index (χ2v) is 5.77. The Morgan fingerprint density at radius 2 is 1.74 bits per heavy atom. The van der Waals surface area contributed by atoms with Gasteiger partial charge in [-0.1, -0.05) is 41.4 Å². The zero-order chi connectivity index (χ0) is 16.4. The van der Waals surface area contributed by atoms with E-state index in [0.717, 1.165) is 5.56 Å². The number of hydrogen-bond acceptors (Lipinski definition) is 3. The lowest BCUT2D eigenvalue weighted by Gasteiger charge is -2.16.